The first-order valence-corrected chi connectivity index (χ1v) is 5.15. The summed E-state index contributed by atoms with van der Waals surface area (Å²) in [5.41, 5.74) is 0.583. The van der Waals surface area contributed by atoms with Gasteiger partial charge in [-0.1, -0.05) is 19.9 Å². The lowest BCUT2D eigenvalue weighted by Gasteiger charge is -2.36. The minimum absolute atomic E-state index is 0.236. The molecule has 78 valence electrons. The van der Waals surface area contributed by atoms with Crippen LogP contribution >= 0.6 is 0 Å². The first-order chi connectivity index (χ1) is 6.50. The number of carbonyl (C=O) groups is 2. The molecule has 0 saturated carbocycles. The van der Waals surface area contributed by atoms with Gasteiger partial charge in [-0.15, -0.1) is 0 Å². The van der Waals surface area contributed by atoms with Gasteiger partial charge in [-0.3, -0.25) is 4.79 Å². The van der Waals surface area contributed by atoms with Crippen molar-refractivity contribution in [3.63, 3.8) is 0 Å². The molecule has 0 bridgehead atoms. The van der Waals surface area contributed by atoms with Gasteiger partial charge in [0, 0.05) is 11.8 Å². The van der Waals surface area contributed by atoms with E-state index in [0.29, 0.717) is 12.3 Å². The molecule has 0 aliphatic heterocycles. The first-order valence-electron chi connectivity index (χ1n) is 5.15. The van der Waals surface area contributed by atoms with E-state index < -0.39 is 0 Å². The van der Waals surface area contributed by atoms with Crippen molar-refractivity contribution < 1.29 is 9.59 Å². The van der Waals surface area contributed by atoms with Crippen molar-refractivity contribution in [2.45, 2.75) is 40.0 Å². The Morgan fingerprint density at radius 3 is 2.79 bits per heavy atom. The Kier molecular flexibility index (Phi) is 3.25. The molecule has 14 heavy (non-hydrogen) atoms. The zero-order chi connectivity index (χ0) is 10.8. The van der Waals surface area contributed by atoms with Crippen molar-refractivity contribution in [2.75, 3.05) is 0 Å². The lowest BCUT2D eigenvalue weighted by molar-refractivity contribution is -0.127. The van der Waals surface area contributed by atoms with Crippen LogP contribution in [0.25, 0.3) is 0 Å². The maximum atomic E-state index is 11.9. The highest BCUT2D eigenvalue weighted by molar-refractivity contribution is 5.99. The Labute approximate surface area is 85.4 Å². The smallest absolute Gasteiger partial charge is 0.164 e. The van der Waals surface area contributed by atoms with E-state index in [1.807, 2.05) is 26.8 Å². The Morgan fingerprint density at radius 2 is 2.21 bits per heavy atom. The number of allylic oxidation sites excluding steroid dienone is 2. The Bertz CT molecular complexity index is 274. The lowest BCUT2D eigenvalue weighted by Crippen LogP contribution is -2.36. The van der Waals surface area contributed by atoms with Crippen molar-refractivity contribution in [3.05, 3.63) is 11.6 Å². The van der Waals surface area contributed by atoms with Crippen LogP contribution in [0.1, 0.15) is 40.0 Å². The van der Waals surface area contributed by atoms with Crippen molar-refractivity contribution in [2.24, 2.45) is 11.3 Å². The minimum Gasteiger partial charge on any atom is -0.303 e. The standard InChI is InChI=1S/C12H18O2/c1-9-6-7-10(5-4-8-13)12(2,3)11(9)14/h6,8,10H,4-5,7H2,1-3H3/t10-/m1/s1. The number of hydrogen-bond acceptors (Lipinski definition) is 2. The van der Waals surface area contributed by atoms with Crippen LogP contribution < -0.4 is 0 Å². The molecule has 0 aromatic rings. The molecule has 0 aromatic heterocycles. The molecule has 0 heterocycles. The maximum Gasteiger partial charge on any atom is 0.164 e. The van der Waals surface area contributed by atoms with Gasteiger partial charge in [0.1, 0.15) is 6.29 Å². The van der Waals surface area contributed by atoms with Gasteiger partial charge in [0.15, 0.2) is 5.78 Å². The molecule has 0 radical (unpaired) electrons. The largest absolute Gasteiger partial charge is 0.303 e. The predicted molar refractivity (Wildman–Crippen MR) is 56.0 cm³/mol. The van der Waals surface area contributed by atoms with E-state index in [0.717, 1.165) is 24.7 Å². The molecular formula is C12H18O2. The quantitative estimate of drug-likeness (QED) is 0.647. The van der Waals surface area contributed by atoms with Crippen LogP contribution in [-0.4, -0.2) is 12.1 Å². The SMILES string of the molecule is CC1=CC[C@@H](CCC=O)C(C)(C)C1=O. The van der Waals surface area contributed by atoms with Gasteiger partial charge in [-0.05, 0) is 31.3 Å². The summed E-state index contributed by atoms with van der Waals surface area (Å²) in [6, 6.07) is 0. The van der Waals surface area contributed by atoms with Gasteiger partial charge in [-0.25, -0.2) is 0 Å². The van der Waals surface area contributed by atoms with Crippen LogP contribution in [0.15, 0.2) is 11.6 Å². The van der Waals surface area contributed by atoms with E-state index in [9.17, 15) is 9.59 Å². The number of hydrogen-bond donors (Lipinski definition) is 0. The van der Waals surface area contributed by atoms with Crippen LogP contribution in [-0.2, 0) is 9.59 Å². The van der Waals surface area contributed by atoms with Gasteiger partial charge in [0.25, 0.3) is 0 Å². The molecule has 2 heteroatoms. The number of rotatable bonds is 3. The van der Waals surface area contributed by atoms with Gasteiger partial charge in [-0.2, -0.15) is 0 Å². The summed E-state index contributed by atoms with van der Waals surface area (Å²) in [6.45, 7) is 5.85. The molecule has 1 aliphatic carbocycles. The van der Waals surface area contributed by atoms with Crippen LogP contribution in [0.2, 0.25) is 0 Å². The molecule has 0 fully saturated rings. The summed E-state index contributed by atoms with van der Waals surface area (Å²) in [5.74, 6) is 0.559. The molecule has 2 nitrogen and oxygen atoms in total. The average molecular weight is 194 g/mol. The number of ketones is 1. The number of Topliss-reactive ketones (excluding diaryl/α,β-unsaturated/α-hetero) is 1. The van der Waals surface area contributed by atoms with Crippen molar-refractivity contribution in [1.29, 1.82) is 0 Å². The summed E-state index contributed by atoms with van der Waals surface area (Å²) in [6.07, 6.45) is 5.26. The Morgan fingerprint density at radius 1 is 1.57 bits per heavy atom. The molecule has 1 aliphatic rings. The highest BCUT2D eigenvalue weighted by Gasteiger charge is 2.38. The van der Waals surface area contributed by atoms with Gasteiger partial charge in [0.2, 0.25) is 0 Å². The molecule has 0 saturated heterocycles. The Balaban J connectivity index is 2.79. The molecule has 0 N–H and O–H groups in total. The summed E-state index contributed by atoms with van der Waals surface area (Å²) in [5, 5.41) is 0. The van der Waals surface area contributed by atoms with Crippen LogP contribution in [0.4, 0.5) is 0 Å². The van der Waals surface area contributed by atoms with Crippen LogP contribution in [0.5, 0.6) is 0 Å². The average Bonchev–Trinajstić information content (AvgIpc) is 2.14. The van der Waals surface area contributed by atoms with E-state index in [2.05, 4.69) is 0 Å². The maximum absolute atomic E-state index is 11.9. The zero-order valence-corrected chi connectivity index (χ0v) is 9.17. The van der Waals surface area contributed by atoms with E-state index in [4.69, 9.17) is 0 Å². The molecule has 0 spiro atoms. The molecule has 1 rings (SSSR count). The molecule has 0 unspecified atom stereocenters. The highest BCUT2D eigenvalue weighted by atomic mass is 16.1. The summed E-state index contributed by atoms with van der Waals surface area (Å²) >= 11 is 0. The van der Waals surface area contributed by atoms with E-state index in [1.165, 1.54) is 0 Å². The van der Waals surface area contributed by atoms with E-state index in [1.54, 1.807) is 0 Å². The minimum atomic E-state index is -0.290. The molecular weight excluding hydrogens is 176 g/mol. The molecule has 0 amide bonds. The lowest BCUT2D eigenvalue weighted by atomic mass is 9.67. The van der Waals surface area contributed by atoms with Gasteiger partial charge in [0.05, 0.1) is 0 Å². The second kappa shape index (κ2) is 4.07. The normalized spacial score (nSPS) is 25.8. The number of carbonyl (C=O) groups excluding carboxylic acids is 2. The third-order valence-electron chi connectivity index (χ3n) is 3.31. The Hall–Kier alpha value is -0.920. The molecule has 0 aromatic carbocycles. The monoisotopic (exact) mass is 194 g/mol. The second-order valence-electron chi connectivity index (χ2n) is 4.61. The van der Waals surface area contributed by atoms with E-state index >= 15 is 0 Å². The predicted octanol–water partition coefficient (Wildman–Crippen LogP) is 2.53. The second-order valence-corrected chi connectivity index (χ2v) is 4.61. The van der Waals surface area contributed by atoms with Gasteiger partial charge >= 0.3 is 0 Å². The highest BCUT2D eigenvalue weighted by Crippen LogP contribution is 2.39. The van der Waals surface area contributed by atoms with Crippen molar-refractivity contribution in [1.82, 2.24) is 0 Å². The zero-order valence-electron chi connectivity index (χ0n) is 9.17. The van der Waals surface area contributed by atoms with E-state index in [-0.39, 0.29) is 11.2 Å². The fourth-order valence-corrected chi connectivity index (χ4v) is 2.15. The first kappa shape index (κ1) is 11.2. The topological polar surface area (TPSA) is 34.1 Å². The summed E-state index contributed by atoms with van der Waals surface area (Å²) in [7, 11) is 0. The number of aldehydes is 1. The van der Waals surface area contributed by atoms with Crippen LogP contribution in [0.3, 0.4) is 0 Å². The third kappa shape index (κ3) is 1.94. The fourth-order valence-electron chi connectivity index (χ4n) is 2.15. The fraction of sp³-hybridized carbons (Fsp3) is 0.667. The summed E-state index contributed by atoms with van der Waals surface area (Å²) in [4.78, 5) is 22.2. The van der Waals surface area contributed by atoms with Crippen molar-refractivity contribution >= 4 is 12.1 Å². The van der Waals surface area contributed by atoms with Gasteiger partial charge < -0.3 is 4.79 Å². The van der Waals surface area contributed by atoms with Crippen molar-refractivity contribution in [3.8, 4) is 0 Å². The third-order valence-corrected chi connectivity index (χ3v) is 3.31. The van der Waals surface area contributed by atoms with Crippen LogP contribution in [0, 0.1) is 11.3 Å². The summed E-state index contributed by atoms with van der Waals surface area (Å²) < 4.78 is 0. The molecule has 1 atom stereocenters.